The van der Waals surface area contributed by atoms with E-state index in [1.54, 1.807) is 11.8 Å². The van der Waals surface area contributed by atoms with Gasteiger partial charge in [0.05, 0.1) is 6.10 Å². The summed E-state index contributed by atoms with van der Waals surface area (Å²) in [4.78, 5) is 1.22. The first-order valence-electron chi connectivity index (χ1n) is 6.16. The summed E-state index contributed by atoms with van der Waals surface area (Å²) in [6, 6.07) is 9.00. The molecule has 2 N–H and O–H groups in total. The van der Waals surface area contributed by atoms with E-state index >= 15 is 0 Å². The Hall–Kier alpha value is -0.510. The van der Waals surface area contributed by atoms with Crippen LogP contribution in [0.5, 0.6) is 0 Å². The molecule has 17 heavy (non-hydrogen) atoms. The average molecular weight is 253 g/mol. The number of thioether (sulfide) groups is 1. The van der Waals surface area contributed by atoms with E-state index in [4.69, 9.17) is 0 Å². The molecule has 96 valence electrons. The van der Waals surface area contributed by atoms with Crippen LogP contribution < -0.4 is 5.32 Å². The van der Waals surface area contributed by atoms with Crippen molar-refractivity contribution in [3.05, 3.63) is 29.8 Å². The van der Waals surface area contributed by atoms with Gasteiger partial charge in [0.1, 0.15) is 0 Å². The van der Waals surface area contributed by atoms with Crippen molar-refractivity contribution in [2.75, 3.05) is 0 Å². The molecule has 2 atom stereocenters. The van der Waals surface area contributed by atoms with E-state index in [0.29, 0.717) is 6.04 Å². The summed E-state index contributed by atoms with van der Waals surface area (Å²) in [5.74, 6) is 0. The van der Waals surface area contributed by atoms with Gasteiger partial charge in [-0.1, -0.05) is 32.9 Å². The molecule has 0 spiro atoms. The van der Waals surface area contributed by atoms with Gasteiger partial charge in [0, 0.05) is 22.7 Å². The Morgan fingerprint density at radius 1 is 1.24 bits per heavy atom. The second-order valence-corrected chi connectivity index (χ2v) is 6.20. The molecule has 0 bridgehead atoms. The van der Waals surface area contributed by atoms with Gasteiger partial charge in [-0.15, -0.1) is 11.8 Å². The van der Waals surface area contributed by atoms with Crippen molar-refractivity contribution in [1.29, 1.82) is 0 Å². The summed E-state index contributed by atoms with van der Waals surface area (Å²) in [6.07, 6.45) is -0.280. The first-order chi connectivity index (χ1) is 7.99. The lowest BCUT2D eigenvalue weighted by Gasteiger charge is -2.15. The number of hydrogen-bond donors (Lipinski definition) is 2. The Bertz CT molecular complexity index is 339. The third kappa shape index (κ3) is 5.57. The first kappa shape index (κ1) is 14.6. The molecular weight excluding hydrogens is 230 g/mol. The predicted molar refractivity (Wildman–Crippen MR) is 75.4 cm³/mol. The van der Waals surface area contributed by atoms with Gasteiger partial charge in [-0.05, 0) is 24.6 Å². The molecule has 0 amide bonds. The molecule has 0 heterocycles. The monoisotopic (exact) mass is 253 g/mol. The number of benzene rings is 1. The summed E-state index contributed by atoms with van der Waals surface area (Å²) in [7, 11) is 0. The van der Waals surface area contributed by atoms with Crippen molar-refractivity contribution in [3.8, 4) is 0 Å². The zero-order valence-corrected chi connectivity index (χ0v) is 11.9. The van der Waals surface area contributed by atoms with Gasteiger partial charge in [-0.3, -0.25) is 0 Å². The van der Waals surface area contributed by atoms with Gasteiger partial charge in [0.15, 0.2) is 0 Å². The van der Waals surface area contributed by atoms with Crippen LogP contribution in [0.3, 0.4) is 0 Å². The summed E-state index contributed by atoms with van der Waals surface area (Å²) in [5.41, 5.74) is 1.29. The van der Waals surface area contributed by atoms with Crippen LogP contribution in [0.2, 0.25) is 0 Å². The van der Waals surface area contributed by atoms with Gasteiger partial charge < -0.3 is 10.4 Å². The molecule has 0 aliphatic heterocycles. The van der Waals surface area contributed by atoms with Crippen LogP contribution in [-0.2, 0) is 6.54 Å². The molecule has 0 aromatic heterocycles. The summed E-state index contributed by atoms with van der Waals surface area (Å²) < 4.78 is 0. The van der Waals surface area contributed by atoms with E-state index in [0.717, 1.165) is 6.54 Å². The molecule has 0 saturated heterocycles. The zero-order chi connectivity index (χ0) is 12.8. The summed E-state index contributed by atoms with van der Waals surface area (Å²) >= 11 is 1.72. The second kappa shape index (κ2) is 7.04. The Morgan fingerprint density at radius 2 is 1.94 bits per heavy atom. The molecular formula is C14H23NOS. The van der Waals surface area contributed by atoms with E-state index in [1.807, 2.05) is 13.8 Å². The summed E-state index contributed by atoms with van der Waals surface area (Å²) in [5, 5.41) is 13.1. The standard InChI is InChI=1S/C14H23NOS/c1-10(2)15-9-13-6-5-7-14(8-13)17-12(4)11(3)16/h5-8,10-12,15-16H,9H2,1-4H3. The maximum Gasteiger partial charge on any atom is 0.0631 e. The van der Waals surface area contributed by atoms with Crippen LogP contribution >= 0.6 is 11.8 Å². The normalized spacial score (nSPS) is 14.9. The van der Waals surface area contributed by atoms with Crippen LogP contribution in [0.25, 0.3) is 0 Å². The van der Waals surface area contributed by atoms with Crippen molar-refractivity contribution in [3.63, 3.8) is 0 Å². The van der Waals surface area contributed by atoms with Gasteiger partial charge >= 0.3 is 0 Å². The fraction of sp³-hybridized carbons (Fsp3) is 0.571. The Labute approximate surface area is 109 Å². The van der Waals surface area contributed by atoms with E-state index in [1.165, 1.54) is 10.5 Å². The van der Waals surface area contributed by atoms with E-state index in [-0.39, 0.29) is 11.4 Å². The number of aliphatic hydroxyl groups is 1. The smallest absolute Gasteiger partial charge is 0.0631 e. The molecule has 3 heteroatoms. The molecule has 1 aromatic rings. The molecule has 0 saturated carbocycles. The minimum Gasteiger partial charge on any atom is -0.392 e. The minimum absolute atomic E-state index is 0.225. The molecule has 0 fully saturated rings. The number of aliphatic hydroxyl groups excluding tert-OH is 1. The van der Waals surface area contributed by atoms with Crippen LogP contribution in [0.15, 0.2) is 29.2 Å². The minimum atomic E-state index is -0.280. The maximum absolute atomic E-state index is 9.49. The second-order valence-electron chi connectivity index (χ2n) is 4.75. The largest absolute Gasteiger partial charge is 0.392 e. The van der Waals surface area contributed by atoms with Crippen molar-refractivity contribution >= 4 is 11.8 Å². The lowest BCUT2D eigenvalue weighted by molar-refractivity contribution is 0.196. The maximum atomic E-state index is 9.49. The highest BCUT2D eigenvalue weighted by Crippen LogP contribution is 2.25. The third-order valence-electron chi connectivity index (χ3n) is 2.61. The molecule has 2 nitrogen and oxygen atoms in total. The SMILES string of the molecule is CC(C)NCc1cccc(SC(C)C(C)O)c1. The van der Waals surface area contributed by atoms with Crippen molar-refractivity contribution in [2.24, 2.45) is 0 Å². The van der Waals surface area contributed by atoms with E-state index < -0.39 is 0 Å². The van der Waals surface area contributed by atoms with Gasteiger partial charge in [0.25, 0.3) is 0 Å². The third-order valence-corrected chi connectivity index (χ3v) is 3.91. The molecule has 2 unspecified atom stereocenters. The van der Waals surface area contributed by atoms with E-state index in [2.05, 4.69) is 43.4 Å². The lowest BCUT2D eigenvalue weighted by atomic mass is 10.2. The molecule has 0 aliphatic carbocycles. The van der Waals surface area contributed by atoms with Crippen LogP contribution in [-0.4, -0.2) is 22.5 Å². The summed E-state index contributed by atoms with van der Waals surface area (Å²) in [6.45, 7) is 9.08. The van der Waals surface area contributed by atoms with Crippen LogP contribution in [0, 0.1) is 0 Å². The van der Waals surface area contributed by atoms with Crippen molar-refractivity contribution in [1.82, 2.24) is 5.32 Å². The number of nitrogens with one attached hydrogen (secondary N) is 1. The molecule has 0 aliphatic rings. The number of hydrogen-bond acceptors (Lipinski definition) is 3. The van der Waals surface area contributed by atoms with Crippen LogP contribution in [0.1, 0.15) is 33.3 Å². The van der Waals surface area contributed by atoms with E-state index in [9.17, 15) is 5.11 Å². The van der Waals surface area contributed by atoms with Crippen molar-refractivity contribution in [2.45, 2.75) is 56.5 Å². The first-order valence-corrected chi connectivity index (χ1v) is 7.04. The zero-order valence-electron chi connectivity index (χ0n) is 11.1. The Morgan fingerprint density at radius 3 is 2.53 bits per heavy atom. The van der Waals surface area contributed by atoms with Gasteiger partial charge in [-0.25, -0.2) is 0 Å². The van der Waals surface area contributed by atoms with Gasteiger partial charge in [0.2, 0.25) is 0 Å². The fourth-order valence-electron chi connectivity index (χ4n) is 1.36. The molecule has 0 radical (unpaired) electrons. The van der Waals surface area contributed by atoms with Crippen molar-refractivity contribution < 1.29 is 5.11 Å². The lowest BCUT2D eigenvalue weighted by Crippen LogP contribution is -2.21. The topological polar surface area (TPSA) is 32.3 Å². The average Bonchev–Trinajstić information content (AvgIpc) is 2.26. The molecule has 1 aromatic carbocycles. The Balaban J connectivity index is 2.59. The highest BCUT2D eigenvalue weighted by Gasteiger charge is 2.10. The Kier molecular flexibility index (Phi) is 6.03. The molecule has 1 rings (SSSR count). The van der Waals surface area contributed by atoms with Gasteiger partial charge in [-0.2, -0.15) is 0 Å². The fourth-order valence-corrected chi connectivity index (χ4v) is 2.37. The number of rotatable bonds is 6. The highest BCUT2D eigenvalue weighted by atomic mass is 32.2. The highest BCUT2D eigenvalue weighted by molar-refractivity contribution is 8.00. The van der Waals surface area contributed by atoms with Crippen LogP contribution in [0.4, 0.5) is 0 Å². The predicted octanol–water partition coefficient (Wildman–Crippen LogP) is 3.05. The quantitative estimate of drug-likeness (QED) is 0.764.